The van der Waals surface area contributed by atoms with E-state index >= 15 is 0 Å². The molecule has 0 radical (unpaired) electrons. The first-order valence-corrected chi connectivity index (χ1v) is 18.9. The molecule has 11 heteroatoms. The maximum atomic E-state index is 12.4. The van der Waals surface area contributed by atoms with Gasteiger partial charge in [0, 0.05) is 44.8 Å². The number of carbonyl (C=O) groups excluding carboxylic acids is 1. The largest absolute Gasteiger partial charge is 0.469 e. The van der Waals surface area contributed by atoms with Gasteiger partial charge in [-0.3, -0.25) is 4.79 Å². The number of esters is 1. The van der Waals surface area contributed by atoms with Gasteiger partial charge < -0.3 is 48.1 Å². The van der Waals surface area contributed by atoms with E-state index in [-0.39, 0.29) is 72.7 Å². The maximum absolute atomic E-state index is 12.4. The Bertz CT molecular complexity index is 1130. The zero-order valence-corrected chi connectivity index (χ0v) is 31.9. The second-order valence-corrected chi connectivity index (χ2v) is 16.7. The minimum absolute atomic E-state index is 0.0699. The van der Waals surface area contributed by atoms with Crippen molar-refractivity contribution < 1.29 is 52.9 Å². The van der Waals surface area contributed by atoms with Crippen molar-refractivity contribution >= 4 is 5.97 Å². The molecular formula is C38H66O11. The predicted molar refractivity (Wildman–Crippen MR) is 181 cm³/mol. The number of aliphatic hydroxyl groups excluding tert-OH is 2. The Balaban J connectivity index is 1.29. The molecule has 5 aliphatic heterocycles. The summed E-state index contributed by atoms with van der Waals surface area (Å²) in [5, 5.41) is 21.6. The van der Waals surface area contributed by atoms with Crippen molar-refractivity contribution in [1.29, 1.82) is 0 Å². The van der Waals surface area contributed by atoms with Crippen LogP contribution in [0.2, 0.25) is 0 Å². The fourth-order valence-corrected chi connectivity index (χ4v) is 10.4. The Labute approximate surface area is 294 Å². The van der Waals surface area contributed by atoms with Crippen molar-refractivity contribution in [2.45, 2.75) is 172 Å². The predicted octanol–water partition coefficient (Wildman–Crippen LogP) is 5.02. The zero-order valence-electron chi connectivity index (χ0n) is 31.9. The molecule has 17 atom stereocenters. The molecule has 284 valence electrons. The molecular weight excluding hydrogens is 632 g/mol. The summed E-state index contributed by atoms with van der Waals surface area (Å²) in [6, 6.07) is 0. The molecule has 1 spiro atoms. The highest BCUT2D eigenvalue weighted by molar-refractivity contribution is 5.72. The Morgan fingerprint density at radius 2 is 1.69 bits per heavy atom. The van der Waals surface area contributed by atoms with E-state index in [4.69, 9.17) is 37.9 Å². The van der Waals surface area contributed by atoms with Crippen LogP contribution < -0.4 is 0 Å². The van der Waals surface area contributed by atoms with Crippen molar-refractivity contribution in [3.8, 4) is 0 Å². The maximum Gasteiger partial charge on any atom is 0.311 e. The van der Waals surface area contributed by atoms with Crippen LogP contribution in [0.25, 0.3) is 0 Å². The number of hydrogen-bond donors (Lipinski definition) is 2. The first-order valence-electron chi connectivity index (χ1n) is 18.9. The van der Waals surface area contributed by atoms with Crippen LogP contribution in [0.15, 0.2) is 0 Å². The number of hydrogen-bond acceptors (Lipinski definition) is 11. The summed E-state index contributed by atoms with van der Waals surface area (Å²) in [7, 11) is 4.59. The van der Waals surface area contributed by atoms with E-state index in [0.29, 0.717) is 12.8 Å². The van der Waals surface area contributed by atoms with Crippen LogP contribution in [0.3, 0.4) is 0 Å². The summed E-state index contributed by atoms with van der Waals surface area (Å²) in [6.07, 6.45) is 3.97. The van der Waals surface area contributed by atoms with Gasteiger partial charge in [-0.2, -0.15) is 0 Å². The third-order valence-corrected chi connectivity index (χ3v) is 13.5. The van der Waals surface area contributed by atoms with Crippen LogP contribution in [0.5, 0.6) is 0 Å². The van der Waals surface area contributed by atoms with Crippen molar-refractivity contribution in [1.82, 2.24) is 0 Å². The van der Waals surface area contributed by atoms with Gasteiger partial charge in [0.15, 0.2) is 11.6 Å². The summed E-state index contributed by atoms with van der Waals surface area (Å²) in [4.78, 5) is 12.4. The lowest BCUT2D eigenvalue weighted by Gasteiger charge is -2.49. The molecule has 2 N–H and O–H groups in total. The summed E-state index contributed by atoms with van der Waals surface area (Å²) in [6.45, 7) is 16.5. The molecule has 0 amide bonds. The van der Waals surface area contributed by atoms with Crippen LogP contribution in [0.1, 0.15) is 107 Å². The minimum Gasteiger partial charge on any atom is -0.469 e. The van der Waals surface area contributed by atoms with E-state index in [1.54, 1.807) is 21.1 Å². The first kappa shape index (κ1) is 39.3. The lowest BCUT2D eigenvalue weighted by atomic mass is 9.78. The van der Waals surface area contributed by atoms with E-state index in [1.807, 2.05) is 13.8 Å². The van der Waals surface area contributed by atoms with Gasteiger partial charge >= 0.3 is 5.97 Å². The summed E-state index contributed by atoms with van der Waals surface area (Å²) < 4.78 is 51.1. The third kappa shape index (κ3) is 6.99. The molecule has 5 rings (SSSR count). The van der Waals surface area contributed by atoms with Gasteiger partial charge in [-0.1, -0.05) is 41.5 Å². The normalized spacial score (nSPS) is 49.2. The van der Waals surface area contributed by atoms with E-state index in [2.05, 4.69) is 34.6 Å². The number of ether oxygens (including phenoxy) is 8. The average molecular weight is 699 g/mol. The van der Waals surface area contributed by atoms with Crippen LogP contribution in [-0.2, 0) is 42.7 Å². The number of carbonyl (C=O) groups is 1. The Hall–Kier alpha value is -0.890. The lowest BCUT2D eigenvalue weighted by molar-refractivity contribution is -0.337. The molecule has 0 saturated carbocycles. The zero-order chi connectivity index (χ0) is 36.1. The second-order valence-electron chi connectivity index (χ2n) is 16.7. The highest BCUT2D eigenvalue weighted by Crippen LogP contribution is 2.55. The van der Waals surface area contributed by atoms with Crippen molar-refractivity contribution in [3.05, 3.63) is 0 Å². The van der Waals surface area contributed by atoms with Gasteiger partial charge in [0.1, 0.15) is 0 Å². The first-order chi connectivity index (χ1) is 23.1. The average Bonchev–Trinajstić information content (AvgIpc) is 3.79. The Morgan fingerprint density at radius 1 is 0.980 bits per heavy atom. The molecule has 49 heavy (non-hydrogen) atoms. The third-order valence-electron chi connectivity index (χ3n) is 13.5. The van der Waals surface area contributed by atoms with Crippen LogP contribution in [0.4, 0.5) is 0 Å². The van der Waals surface area contributed by atoms with Crippen LogP contribution in [-0.4, -0.2) is 110 Å². The second kappa shape index (κ2) is 14.9. The molecule has 5 heterocycles. The molecule has 0 aromatic rings. The van der Waals surface area contributed by atoms with Crippen LogP contribution >= 0.6 is 0 Å². The van der Waals surface area contributed by atoms with Crippen molar-refractivity contribution in [3.63, 3.8) is 0 Å². The molecule has 0 aliphatic carbocycles. The standard InChI is InChI=1S/C38H66O11/c1-12-36(33-22(3)18-28(45-33)30-21(2)17-23(4)38(20-39,44-11)48-30)14-13-29(46-36)35(8)15-16-37(49-35)19-27(40)24(5)32(47-37)25(6)31(42-9)26(7)34(41)43-10/h21-33,39-40H,12-20H2,1-11H3/t21-,22-,23+,24+,25-,26-,27-,28+,29+,30-,31+,32-,33+,35+,36+,37+,38-/m0/s1. The highest BCUT2D eigenvalue weighted by atomic mass is 16.7. The van der Waals surface area contributed by atoms with Gasteiger partial charge in [-0.05, 0) is 64.2 Å². The molecule has 5 saturated heterocycles. The van der Waals surface area contributed by atoms with Gasteiger partial charge in [-0.15, -0.1) is 0 Å². The molecule has 11 nitrogen and oxygen atoms in total. The monoisotopic (exact) mass is 698 g/mol. The molecule has 0 unspecified atom stereocenters. The summed E-state index contributed by atoms with van der Waals surface area (Å²) in [5.74, 6) is -2.59. The Kier molecular flexibility index (Phi) is 11.9. The van der Waals surface area contributed by atoms with Crippen LogP contribution in [0, 0.1) is 35.5 Å². The fourth-order valence-electron chi connectivity index (χ4n) is 10.4. The Morgan fingerprint density at radius 3 is 2.31 bits per heavy atom. The SMILES string of the molecule is CC[C@]1([C@@H]2O[C@@H]([C@H]3O[C@](CO)(OC)[C@H](C)C[C@@H]3C)C[C@@H]2C)CC[C@H]([C@@]2(C)CC[C@]3(C[C@H](O)[C@@H](C)[C@@H]([C@@H](C)[C@@H](OC)[C@H](C)C(=O)OC)O3)O2)O1. The van der Waals surface area contributed by atoms with Gasteiger partial charge in [-0.25, -0.2) is 0 Å². The molecule has 0 aromatic carbocycles. The number of methoxy groups -OCH3 is 3. The molecule has 5 aliphatic rings. The highest BCUT2D eigenvalue weighted by Gasteiger charge is 2.62. The summed E-state index contributed by atoms with van der Waals surface area (Å²) in [5.41, 5.74) is -1.07. The molecule has 0 bridgehead atoms. The van der Waals surface area contributed by atoms with E-state index in [0.717, 1.165) is 38.5 Å². The van der Waals surface area contributed by atoms with Crippen molar-refractivity contribution in [2.75, 3.05) is 27.9 Å². The quantitative estimate of drug-likeness (QED) is 0.282. The lowest BCUT2D eigenvalue weighted by Crippen LogP contribution is -2.57. The van der Waals surface area contributed by atoms with Gasteiger partial charge in [0.25, 0.3) is 0 Å². The van der Waals surface area contributed by atoms with E-state index in [1.165, 1.54) is 7.11 Å². The van der Waals surface area contributed by atoms with Gasteiger partial charge in [0.2, 0.25) is 0 Å². The molecule has 0 aromatic heterocycles. The van der Waals surface area contributed by atoms with Crippen molar-refractivity contribution in [2.24, 2.45) is 35.5 Å². The topological polar surface area (TPSA) is 131 Å². The van der Waals surface area contributed by atoms with E-state index in [9.17, 15) is 15.0 Å². The summed E-state index contributed by atoms with van der Waals surface area (Å²) >= 11 is 0. The number of aliphatic hydroxyl groups is 2. The fraction of sp³-hybridized carbons (Fsp3) is 0.974. The smallest absolute Gasteiger partial charge is 0.311 e. The minimum atomic E-state index is -1.02. The van der Waals surface area contributed by atoms with Gasteiger partial charge in [0.05, 0.1) is 73.6 Å². The number of rotatable bonds is 11. The van der Waals surface area contributed by atoms with E-state index < -0.39 is 40.9 Å². The molecule has 5 fully saturated rings.